The van der Waals surface area contributed by atoms with Crippen LogP contribution in [0.25, 0.3) is 44.7 Å². The van der Waals surface area contributed by atoms with Gasteiger partial charge >= 0.3 is 12.1 Å². The number of cyclic esters (lactones) is 1. The third kappa shape index (κ3) is 6.70. The molecule has 6 heterocycles. The van der Waals surface area contributed by atoms with Gasteiger partial charge in [-0.3, -0.25) is 14.8 Å². The Morgan fingerprint density at radius 3 is 2.41 bits per heavy atom. The number of carbonyl (C=O) groups excluding carboxylic acids is 2. The average Bonchev–Trinajstić information content (AvgIpc) is 3.82. The molecular weight excluding hydrogens is 777 g/mol. The summed E-state index contributed by atoms with van der Waals surface area (Å²) < 4.78 is 12.8. The maximum atomic E-state index is 13.7. The molecule has 1 fully saturated rings. The number of phenols is 2. The Balaban J connectivity index is 0.866. The van der Waals surface area contributed by atoms with Gasteiger partial charge < -0.3 is 34.3 Å². The zero-order chi connectivity index (χ0) is 42.9. The van der Waals surface area contributed by atoms with Gasteiger partial charge in [0.25, 0.3) is 5.56 Å². The van der Waals surface area contributed by atoms with Crippen molar-refractivity contribution in [1.82, 2.24) is 29.5 Å². The Hall–Kier alpha value is -6.51. The van der Waals surface area contributed by atoms with E-state index < -0.39 is 17.7 Å². The van der Waals surface area contributed by atoms with Crippen LogP contribution >= 0.6 is 0 Å². The molecule has 0 saturated carbocycles. The molecule has 1 atom stereocenters. The predicted octanol–water partition coefficient (Wildman–Crippen LogP) is 6.86. The van der Waals surface area contributed by atoms with Crippen LogP contribution in [0.3, 0.4) is 0 Å². The van der Waals surface area contributed by atoms with Crippen molar-refractivity contribution in [3.63, 3.8) is 0 Å². The molecule has 4 N–H and O–H groups in total. The molecule has 1 saturated heterocycles. The van der Waals surface area contributed by atoms with Crippen molar-refractivity contribution in [3.8, 4) is 51.0 Å². The van der Waals surface area contributed by atoms with Gasteiger partial charge in [0, 0.05) is 72.1 Å². The summed E-state index contributed by atoms with van der Waals surface area (Å²) in [7, 11) is 0. The number of benzene rings is 3. The maximum absolute atomic E-state index is 13.7. The lowest BCUT2D eigenvalue weighted by Crippen LogP contribution is -2.49. The number of aromatic nitrogens is 4. The van der Waals surface area contributed by atoms with E-state index in [-0.39, 0.29) is 53.7 Å². The average molecular weight is 825 g/mol. The van der Waals surface area contributed by atoms with Gasteiger partial charge in [-0.15, -0.1) is 0 Å². The third-order valence-electron chi connectivity index (χ3n) is 12.6. The van der Waals surface area contributed by atoms with E-state index >= 15 is 0 Å². The number of nitrogens with zero attached hydrogens (tertiary/aromatic N) is 5. The van der Waals surface area contributed by atoms with Gasteiger partial charge in [-0.2, -0.15) is 5.10 Å². The first-order chi connectivity index (χ1) is 29.3. The summed E-state index contributed by atoms with van der Waals surface area (Å²) in [4.78, 5) is 48.8. The van der Waals surface area contributed by atoms with Gasteiger partial charge in [0.1, 0.15) is 29.5 Å². The number of hydrogen-bond acceptors (Lipinski definition) is 11. The normalized spacial score (nSPS) is 17.4. The summed E-state index contributed by atoms with van der Waals surface area (Å²) in [5.74, 6) is -0.267. The highest BCUT2D eigenvalue weighted by Gasteiger charge is 2.45. The Morgan fingerprint density at radius 1 is 0.951 bits per heavy atom. The second-order valence-electron chi connectivity index (χ2n) is 16.5. The summed E-state index contributed by atoms with van der Waals surface area (Å²) >= 11 is 0. The Labute approximate surface area is 352 Å². The number of H-pyrrole nitrogens is 1. The summed E-state index contributed by atoms with van der Waals surface area (Å²) in [6.45, 7) is 12.8. The molecule has 0 aliphatic carbocycles. The Kier molecular flexibility index (Phi) is 9.94. The van der Waals surface area contributed by atoms with E-state index in [1.807, 2.05) is 39.8 Å². The number of fused-ring (bicyclic) bond motifs is 5. The van der Waals surface area contributed by atoms with Crippen molar-refractivity contribution in [2.45, 2.75) is 78.7 Å². The minimum atomic E-state index is -1.90. The first-order valence-corrected chi connectivity index (χ1v) is 20.8. The Morgan fingerprint density at radius 2 is 1.70 bits per heavy atom. The summed E-state index contributed by atoms with van der Waals surface area (Å²) in [5.41, 5.74) is 7.81. The molecule has 314 valence electrons. The fraction of sp³-hybridized carbons (Fsp3) is 0.340. The molecule has 6 aromatic rings. The Bertz CT molecular complexity index is 2820. The van der Waals surface area contributed by atoms with Gasteiger partial charge in [0.05, 0.1) is 29.0 Å². The second-order valence-corrected chi connectivity index (χ2v) is 16.5. The molecule has 61 heavy (non-hydrogen) atoms. The van der Waals surface area contributed by atoms with Crippen LogP contribution in [0.15, 0.2) is 65.5 Å². The van der Waals surface area contributed by atoms with Crippen molar-refractivity contribution < 1.29 is 34.4 Å². The maximum Gasteiger partial charge on any atom is 0.415 e. The number of aliphatic hydroxyl groups is 1. The number of carbonyl (C=O) groups is 2. The van der Waals surface area contributed by atoms with Crippen LogP contribution in [-0.4, -0.2) is 83.1 Å². The number of rotatable bonds is 8. The molecule has 0 spiro atoms. The van der Waals surface area contributed by atoms with E-state index in [0.29, 0.717) is 73.1 Å². The van der Waals surface area contributed by atoms with Gasteiger partial charge in [-0.05, 0) is 78.3 Å². The lowest BCUT2D eigenvalue weighted by molar-refractivity contribution is -0.172. The molecule has 1 unspecified atom stereocenters. The molecule has 1 amide bonds. The molecule has 0 radical (unpaired) electrons. The van der Waals surface area contributed by atoms with E-state index in [9.17, 15) is 29.7 Å². The highest BCUT2D eigenvalue weighted by molar-refractivity contribution is 5.91. The van der Waals surface area contributed by atoms with Crippen molar-refractivity contribution >= 4 is 23.0 Å². The number of piperazine rings is 1. The summed E-state index contributed by atoms with van der Waals surface area (Å²) in [5, 5.41) is 40.8. The number of nitrogens with one attached hydrogen (secondary N) is 1. The second kappa shape index (κ2) is 15.2. The molecule has 3 aliphatic rings. The number of amides is 1. The van der Waals surface area contributed by atoms with Crippen LogP contribution in [0, 0.1) is 6.92 Å². The number of aromatic hydroxyl groups is 2. The van der Waals surface area contributed by atoms with Crippen LogP contribution in [0.4, 0.5) is 4.79 Å². The van der Waals surface area contributed by atoms with Gasteiger partial charge in [0.2, 0.25) is 0 Å². The van der Waals surface area contributed by atoms with E-state index in [1.165, 1.54) is 6.07 Å². The molecule has 0 bridgehead atoms. The summed E-state index contributed by atoms with van der Waals surface area (Å²) in [6, 6.07) is 18.6. The fourth-order valence-corrected chi connectivity index (χ4v) is 9.12. The smallest absolute Gasteiger partial charge is 0.415 e. The van der Waals surface area contributed by atoms with Crippen molar-refractivity contribution in [2.75, 3.05) is 26.2 Å². The van der Waals surface area contributed by atoms with E-state index in [4.69, 9.17) is 14.5 Å². The van der Waals surface area contributed by atoms with Gasteiger partial charge in [-0.25, -0.2) is 14.6 Å². The summed E-state index contributed by atoms with van der Waals surface area (Å²) in [6.07, 6.45) is 0.283. The van der Waals surface area contributed by atoms with Crippen molar-refractivity contribution in [2.24, 2.45) is 0 Å². The molecule has 3 aliphatic heterocycles. The zero-order valence-corrected chi connectivity index (χ0v) is 34.8. The van der Waals surface area contributed by atoms with Crippen molar-refractivity contribution in [1.29, 1.82) is 0 Å². The molecule has 14 heteroatoms. The number of esters is 1. The van der Waals surface area contributed by atoms with Crippen LogP contribution in [0.5, 0.6) is 17.2 Å². The number of aryl methyl sites for hydroxylation is 2. The standard InChI is InChI=1S/C47H48N6O8/c1-6-30-32-18-29(12-13-37(32)48-42-34(30)23-53-38(42)20-36-35(44(53)56)24-60-45(57)47(36,59)7-2)61-46(58)52-16-14-51(15-17-52)22-27-8-10-28(11-9-27)41-26(5)49-50-43(41)33-19-31(25(3)4)39(54)21-40(33)55/h8-13,18-21,25,54-55,59H,6-7,14-17,22-24H2,1-5H3,(H,49,50). The van der Waals surface area contributed by atoms with Crippen LogP contribution in [0.2, 0.25) is 0 Å². The van der Waals surface area contributed by atoms with Crippen LogP contribution in [-0.2, 0) is 41.2 Å². The molecule has 3 aromatic heterocycles. The number of aromatic amines is 1. The van der Waals surface area contributed by atoms with Crippen LogP contribution < -0.4 is 10.3 Å². The van der Waals surface area contributed by atoms with E-state index in [1.54, 1.807) is 34.6 Å². The lowest BCUT2D eigenvalue weighted by Gasteiger charge is -2.34. The minimum absolute atomic E-state index is 0.0341. The monoisotopic (exact) mass is 824 g/mol. The van der Waals surface area contributed by atoms with Crippen LogP contribution in [0.1, 0.15) is 79.1 Å². The van der Waals surface area contributed by atoms with E-state index in [2.05, 4.69) is 39.4 Å². The molecular formula is C47H48N6O8. The fourth-order valence-electron chi connectivity index (χ4n) is 9.12. The first kappa shape index (κ1) is 39.9. The minimum Gasteiger partial charge on any atom is -0.508 e. The van der Waals surface area contributed by atoms with E-state index in [0.717, 1.165) is 44.5 Å². The van der Waals surface area contributed by atoms with Gasteiger partial charge in [-0.1, -0.05) is 52.0 Å². The predicted molar refractivity (Wildman–Crippen MR) is 228 cm³/mol. The largest absolute Gasteiger partial charge is 0.508 e. The highest BCUT2D eigenvalue weighted by atomic mass is 16.6. The number of phenolic OH excluding ortho intramolecular Hbond substituents is 2. The quantitative estimate of drug-likeness (QED) is 0.118. The van der Waals surface area contributed by atoms with Crippen molar-refractivity contribution in [3.05, 3.63) is 110 Å². The third-order valence-corrected chi connectivity index (χ3v) is 12.6. The lowest BCUT2D eigenvalue weighted by atomic mass is 9.86. The SMILES string of the molecule is CCc1c2c(nc3ccc(OC(=O)N4CCN(Cc5ccc(-c6c(-c7cc(C(C)C)c(O)cc7O)n[nH]c6C)cc5)CC4)cc13)-c1cc3c(c(=O)n1C2)COC(=O)C3(O)CC. The molecule has 3 aromatic carbocycles. The first-order valence-electron chi connectivity index (χ1n) is 20.8. The zero-order valence-electron chi connectivity index (χ0n) is 34.8. The number of hydrogen-bond donors (Lipinski definition) is 4. The van der Waals surface area contributed by atoms with Gasteiger partial charge in [0.15, 0.2) is 5.60 Å². The number of ether oxygens (including phenoxy) is 2. The molecule has 9 rings (SSSR count). The number of pyridine rings is 2. The molecule has 14 nitrogen and oxygen atoms in total. The topological polar surface area (TPSA) is 183 Å². The highest BCUT2D eigenvalue weighted by Crippen LogP contribution is 2.43.